The van der Waals surface area contributed by atoms with Gasteiger partial charge >= 0.3 is 12.1 Å². The lowest BCUT2D eigenvalue weighted by atomic mass is 10.00. The quantitative estimate of drug-likeness (QED) is 0.230. The van der Waals surface area contributed by atoms with E-state index in [4.69, 9.17) is 32.0 Å². The number of aromatic nitrogens is 1. The molecular formula is C30H42ClF4N5O6S. The first-order valence-corrected chi connectivity index (χ1v) is 16.6. The summed E-state index contributed by atoms with van der Waals surface area (Å²) in [5, 5.41) is 9.10. The Labute approximate surface area is 277 Å². The number of anilines is 2. The smallest absolute Gasteiger partial charge is 0.475 e. The minimum absolute atomic E-state index is 0.0304. The second-order valence-electron chi connectivity index (χ2n) is 11.5. The molecule has 4 atom stereocenters. The number of rotatable bonds is 15. The molecule has 1 fully saturated rings. The number of nitrogens with two attached hydrogens (primary N) is 1. The van der Waals surface area contributed by atoms with Crippen LogP contribution < -0.4 is 20.3 Å². The first-order chi connectivity index (χ1) is 21.8. The highest BCUT2D eigenvalue weighted by atomic mass is 35.5. The van der Waals surface area contributed by atoms with Crippen LogP contribution in [0.3, 0.4) is 0 Å². The van der Waals surface area contributed by atoms with Crippen LogP contribution in [0.2, 0.25) is 5.02 Å². The Hall–Kier alpha value is -3.21. The fraction of sp³-hybridized carbons (Fsp3) is 0.567. The fourth-order valence-electron chi connectivity index (χ4n) is 4.44. The van der Waals surface area contributed by atoms with E-state index in [1.54, 1.807) is 27.0 Å². The average molecular weight is 712 g/mol. The Balaban J connectivity index is 0.000000984. The number of nitrogens with zero attached hydrogens (tertiary/aromatic N) is 3. The second-order valence-corrected chi connectivity index (χ2v) is 14.4. The summed E-state index contributed by atoms with van der Waals surface area (Å²) in [6, 6.07) is 9.19. The molecule has 1 saturated carbocycles. The Morgan fingerprint density at radius 2 is 1.81 bits per heavy atom. The van der Waals surface area contributed by atoms with Gasteiger partial charge in [0.15, 0.2) is 5.82 Å². The number of aliphatic carboxylic acids is 1. The molecule has 17 heteroatoms. The zero-order chi connectivity index (χ0) is 35.7. The van der Waals surface area contributed by atoms with Gasteiger partial charge in [0.25, 0.3) is 5.91 Å². The number of methoxy groups -OCH3 is 1. The Morgan fingerprint density at radius 1 is 1.23 bits per heavy atom. The van der Waals surface area contributed by atoms with Gasteiger partial charge in [-0.2, -0.15) is 13.2 Å². The summed E-state index contributed by atoms with van der Waals surface area (Å²) >= 11 is 6.71. The molecule has 2 aromatic rings. The number of benzene rings is 1. The van der Waals surface area contributed by atoms with E-state index in [0.717, 1.165) is 16.3 Å². The van der Waals surface area contributed by atoms with Gasteiger partial charge in [-0.1, -0.05) is 48.9 Å². The maximum atomic E-state index is 13.7. The number of ether oxygens (including phenoxy) is 1. The highest BCUT2D eigenvalue weighted by Crippen LogP contribution is 2.40. The van der Waals surface area contributed by atoms with Crippen LogP contribution in [-0.4, -0.2) is 94.4 Å². The van der Waals surface area contributed by atoms with Crippen LogP contribution in [0.5, 0.6) is 0 Å². The Morgan fingerprint density at radius 3 is 2.28 bits per heavy atom. The number of amides is 1. The van der Waals surface area contributed by atoms with Crippen molar-refractivity contribution >= 4 is 45.1 Å². The number of sulfonamides is 1. The number of hydrogen-bond donors (Lipinski definition) is 3. The van der Waals surface area contributed by atoms with Crippen molar-refractivity contribution in [3.63, 3.8) is 0 Å². The standard InChI is InChI=1S/C28H41ClFN5O4S.C2HF3O2/c1-18(2)40(37,38)34(4)27-26(29)22(15-25(33-27)35(11-12-39-5)17-21-13-19(21)3)28(36)32-24(23(31)16-30)14-20-9-7-6-8-10-20;3-2(4,5)1(6)7/h6-10,15,18-19,21,23-24H,11-14,16-17,31H2,1-5H3,(H,32,36);(H,6,7)/t19-,21+,23-,24-;/m0./s1. The van der Waals surface area contributed by atoms with Crippen molar-refractivity contribution in [1.29, 1.82) is 0 Å². The molecule has 1 aromatic carbocycles. The van der Waals surface area contributed by atoms with Crippen LogP contribution in [0.1, 0.15) is 43.1 Å². The normalized spacial score (nSPS) is 17.3. The van der Waals surface area contributed by atoms with Gasteiger partial charge in [0.05, 0.1) is 34.5 Å². The van der Waals surface area contributed by atoms with Crippen LogP contribution in [0.4, 0.5) is 29.2 Å². The topological polar surface area (TPSA) is 155 Å². The number of carboxylic acid groups (broad SMARTS) is 1. The van der Waals surface area contributed by atoms with Gasteiger partial charge < -0.3 is 25.8 Å². The van der Waals surface area contributed by atoms with Crippen LogP contribution in [0.15, 0.2) is 36.4 Å². The van der Waals surface area contributed by atoms with E-state index in [1.807, 2.05) is 35.2 Å². The molecule has 47 heavy (non-hydrogen) atoms. The summed E-state index contributed by atoms with van der Waals surface area (Å²) in [6.45, 7) is 6.02. The number of halogens is 5. The van der Waals surface area contributed by atoms with Crippen LogP contribution in [0, 0.1) is 11.8 Å². The van der Waals surface area contributed by atoms with Crippen molar-refractivity contribution in [2.75, 3.05) is 49.7 Å². The Bertz CT molecular complexity index is 1450. The summed E-state index contributed by atoms with van der Waals surface area (Å²) in [5.74, 6) is -2.00. The summed E-state index contributed by atoms with van der Waals surface area (Å²) in [6.07, 6.45) is -3.71. The van der Waals surface area contributed by atoms with E-state index in [0.29, 0.717) is 43.8 Å². The molecule has 1 amide bonds. The van der Waals surface area contributed by atoms with Crippen LogP contribution in [-0.2, 0) is 26.0 Å². The number of carbonyl (C=O) groups excluding carboxylic acids is 1. The summed E-state index contributed by atoms with van der Waals surface area (Å²) in [5.41, 5.74) is 6.97. The zero-order valence-electron chi connectivity index (χ0n) is 26.8. The van der Waals surface area contributed by atoms with Crippen molar-refractivity contribution in [2.24, 2.45) is 17.6 Å². The summed E-state index contributed by atoms with van der Waals surface area (Å²) in [7, 11) is -0.845. The number of alkyl halides is 4. The molecule has 11 nitrogen and oxygen atoms in total. The largest absolute Gasteiger partial charge is 0.490 e. The number of pyridine rings is 1. The molecule has 0 radical (unpaired) electrons. The SMILES string of the molecule is COCCN(C[C@H]1C[C@@H]1C)c1cc(C(=O)N[C@@H](Cc2ccccc2)[C@@H](N)CF)c(Cl)c(N(C)S(=O)(=O)C(C)C)n1.O=C(O)C(F)(F)F. The van der Waals surface area contributed by atoms with Gasteiger partial charge in [0, 0.05) is 27.2 Å². The fourth-order valence-corrected chi connectivity index (χ4v) is 5.81. The molecule has 1 aliphatic carbocycles. The number of carboxylic acids is 1. The summed E-state index contributed by atoms with van der Waals surface area (Å²) < 4.78 is 77.9. The van der Waals surface area contributed by atoms with E-state index in [1.165, 1.54) is 7.05 Å². The molecule has 0 unspecified atom stereocenters. The first kappa shape index (κ1) is 40.0. The van der Waals surface area contributed by atoms with E-state index in [2.05, 4.69) is 17.2 Å². The zero-order valence-corrected chi connectivity index (χ0v) is 28.4. The highest BCUT2D eigenvalue weighted by Gasteiger charge is 2.38. The third-order valence-corrected chi connectivity index (χ3v) is 10.1. The van der Waals surface area contributed by atoms with E-state index >= 15 is 0 Å². The lowest BCUT2D eigenvalue weighted by Crippen LogP contribution is -2.50. The van der Waals surface area contributed by atoms with Crippen molar-refractivity contribution in [3.8, 4) is 0 Å². The molecule has 0 bridgehead atoms. The van der Waals surface area contributed by atoms with Crippen molar-refractivity contribution in [3.05, 3.63) is 52.5 Å². The summed E-state index contributed by atoms with van der Waals surface area (Å²) in [4.78, 5) is 29.2. The van der Waals surface area contributed by atoms with Gasteiger partial charge in [-0.05, 0) is 50.2 Å². The van der Waals surface area contributed by atoms with Crippen molar-refractivity contribution in [1.82, 2.24) is 10.3 Å². The molecule has 3 rings (SSSR count). The molecule has 0 saturated heterocycles. The minimum Gasteiger partial charge on any atom is -0.475 e. The van der Waals surface area contributed by atoms with Gasteiger partial charge in [0.2, 0.25) is 10.0 Å². The second kappa shape index (κ2) is 17.3. The number of carbonyl (C=O) groups is 2. The van der Waals surface area contributed by atoms with Crippen LogP contribution in [0.25, 0.3) is 0 Å². The van der Waals surface area contributed by atoms with Gasteiger partial charge in [-0.25, -0.2) is 22.6 Å². The molecule has 0 spiro atoms. The molecular weight excluding hydrogens is 670 g/mol. The maximum absolute atomic E-state index is 13.7. The van der Waals surface area contributed by atoms with Crippen molar-refractivity contribution < 1.29 is 45.4 Å². The monoisotopic (exact) mass is 711 g/mol. The molecule has 4 N–H and O–H groups in total. The molecule has 1 aliphatic rings. The predicted molar refractivity (Wildman–Crippen MR) is 172 cm³/mol. The van der Waals surface area contributed by atoms with Crippen LogP contribution >= 0.6 is 11.6 Å². The van der Waals surface area contributed by atoms with Gasteiger partial charge in [-0.15, -0.1) is 0 Å². The van der Waals surface area contributed by atoms with E-state index < -0.39 is 52.1 Å². The minimum atomic E-state index is -5.08. The van der Waals surface area contributed by atoms with E-state index in [9.17, 15) is 30.8 Å². The van der Waals surface area contributed by atoms with Gasteiger partial charge in [0.1, 0.15) is 12.5 Å². The maximum Gasteiger partial charge on any atom is 0.490 e. The lowest BCUT2D eigenvalue weighted by molar-refractivity contribution is -0.192. The third kappa shape index (κ3) is 11.5. The van der Waals surface area contributed by atoms with Crippen molar-refractivity contribution in [2.45, 2.75) is 57.1 Å². The van der Waals surface area contributed by atoms with E-state index in [-0.39, 0.29) is 16.4 Å². The molecule has 264 valence electrons. The number of nitrogens with one attached hydrogen (secondary N) is 1. The lowest BCUT2D eigenvalue weighted by Gasteiger charge is -2.29. The average Bonchev–Trinajstić information content (AvgIpc) is 3.72. The predicted octanol–water partition coefficient (Wildman–Crippen LogP) is 4.29. The highest BCUT2D eigenvalue weighted by molar-refractivity contribution is 7.93. The van der Waals surface area contributed by atoms with Gasteiger partial charge in [-0.3, -0.25) is 9.10 Å². The Kier molecular flexibility index (Phi) is 14.7. The molecule has 1 heterocycles. The first-order valence-electron chi connectivity index (χ1n) is 14.7. The molecule has 0 aliphatic heterocycles. The number of hydrogen-bond acceptors (Lipinski definition) is 8. The molecule has 1 aromatic heterocycles. The third-order valence-electron chi connectivity index (χ3n) is 7.62.